The quantitative estimate of drug-likeness (QED) is 0.742. The van der Waals surface area contributed by atoms with Crippen LogP contribution in [-0.2, 0) is 21.7 Å². The van der Waals surface area contributed by atoms with Crippen molar-refractivity contribution in [1.29, 1.82) is 0 Å². The lowest BCUT2D eigenvalue weighted by atomic mass is 9.90. The average molecular weight is 425 g/mol. The molecule has 1 saturated heterocycles. The number of piperazine rings is 1. The van der Waals surface area contributed by atoms with Gasteiger partial charge in [-0.2, -0.15) is 17.5 Å². The van der Waals surface area contributed by atoms with Gasteiger partial charge in [0, 0.05) is 31.5 Å². The summed E-state index contributed by atoms with van der Waals surface area (Å²) in [7, 11) is -4.17. The maximum atomic E-state index is 13.1. The average Bonchev–Trinajstić information content (AvgIpc) is 2.87. The third kappa shape index (κ3) is 3.01. The summed E-state index contributed by atoms with van der Waals surface area (Å²) in [5, 5.41) is 0. The van der Waals surface area contributed by atoms with E-state index in [9.17, 15) is 26.4 Å². The van der Waals surface area contributed by atoms with Crippen molar-refractivity contribution in [1.82, 2.24) is 14.2 Å². The molecule has 0 saturated carbocycles. The molecule has 1 aromatic heterocycles. The highest BCUT2D eigenvalue weighted by atomic mass is 32.2. The number of carbonyl (C=O) groups excluding carboxylic acids is 1. The van der Waals surface area contributed by atoms with Crippen LogP contribution in [0.15, 0.2) is 41.4 Å². The number of benzene rings is 1. The van der Waals surface area contributed by atoms with Gasteiger partial charge in [-0.3, -0.25) is 9.78 Å². The lowest BCUT2D eigenvalue weighted by Gasteiger charge is -2.44. The number of pyridine rings is 1. The molecule has 0 N–H and O–H groups in total. The summed E-state index contributed by atoms with van der Waals surface area (Å²) in [6.07, 6.45) is -3.15. The molecule has 1 aromatic carbocycles. The van der Waals surface area contributed by atoms with Crippen LogP contribution < -0.4 is 0 Å². The molecule has 1 fully saturated rings. The van der Waals surface area contributed by atoms with Gasteiger partial charge in [-0.15, -0.1) is 0 Å². The number of aryl methyl sites for hydroxylation is 1. The highest BCUT2D eigenvalue weighted by molar-refractivity contribution is 7.89. The van der Waals surface area contributed by atoms with Crippen LogP contribution in [0.2, 0.25) is 0 Å². The molecular formula is C19H18F3N3O3S. The molecule has 2 aromatic rings. The van der Waals surface area contributed by atoms with E-state index < -0.39 is 32.2 Å². The number of halogens is 3. The molecule has 1 amide bonds. The van der Waals surface area contributed by atoms with Gasteiger partial charge in [0.1, 0.15) is 0 Å². The lowest BCUT2D eigenvalue weighted by Crippen LogP contribution is -2.58. The first-order chi connectivity index (χ1) is 13.4. The van der Waals surface area contributed by atoms with Crippen LogP contribution in [0.5, 0.6) is 0 Å². The number of alkyl halides is 3. The summed E-state index contributed by atoms with van der Waals surface area (Å²) in [4.78, 5) is 18.1. The Morgan fingerprint density at radius 2 is 1.90 bits per heavy atom. The zero-order valence-electron chi connectivity index (χ0n) is 15.7. The molecule has 2 aliphatic heterocycles. The summed E-state index contributed by atoms with van der Waals surface area (Å²) in [5.74, 6) is -0.217. The number of hydrogen-bond acceptors (Lipinski definition) is 4. The van der Waals surface area contributed by atoms with Gasteiger partial charge < -0.3 is 4.90 Å². The lowest BCUT2D eigenvalue weighted by molar-refractivity contribution is -0.137. The number of fused-ring (bicyclic) bond motifs is 3. The number of hydrogen-bond donors (Lipinski definition) is 0. The van der Waals surface area contributed by atoms with Crippen molar-refractivity contribution < 1.29 is 26.4 Å². The van der Waals surface area contributed by atoms with Crippen molar-refractivity contribution in [2.45, 2.75) is 30.5 Å². The predicted octanol–water partition coefficient (Wildman–Crippen LogP) is 2.78. The summed E-state index contributed by atoms with van der Waals surface area (Å²) in [6.45, 7) is 3.63. The third-order valence-corrected chi connectivity index (χ3v) is 7.39. The number of aromatic nitrogens is 1. The minimum Gasteiger partial charge on any atom is -0.326 e. The molecule has 0 radical (unpaired) electrons. The second-order valence-corrected chi connectivity index (χ2v) is 9.40. The Labute approximate surface area is 166 Å². The topological polar surface area (TPSA) is 70.6 Å². The van der Waals surface area contributed by atoms with Crippen LogP contribution >= 0.6 is 0 Å². The molecule has 4 rings (SSSR count). The molecule has 0 bridgehead atoms. The Morgan fingerprint density at radius 1 is 1.17 bits per heavy atom. The number of rotatable bonds is 2. The van der Waals surface area contributed by atoms with Crippen LogP contribution in [0.1, 0.15) is 34.1 Å². The Hall–Kier alpha value is -2.46. The Morgan fingerprint density at radius 3 is 2.59 bits per heavy atom. The van der Waals surface area contributed by atoms with Gasteiger partial charge in [0.15, 0.2) is 0 Å². The second kappa shape index (κ2) is 6.27. The maximum absolute atomic E-state index is 13.1. The van der Waals surface area contributed by atoms with E-state index in [1.807, 2.05) is 0 Å². The fraction of sp³-hybridized carbons (Fsp3) is 0.368. The van der Waals surface area contributed by atoms with Gasteiger partial charge >= 0.3 is 6.18 Å². The van der Waals surface area contributed by atoms with Gasteiger partial charge in [-0.05, 0) is 43.7 Å². The number of sulfonamides is 1. The van der Waals surface area contributed by atoms with Gasteiger partial charge in [0.05, 0.1) is 21.6 Å². The standard InChI is InChI=1S/C19H18F3N3O3S/c1-12-8-16-15(10-23-12)17(26)25-7-6-24(11-18(16,25)2)29(27,28)14-5-3-4-13(9-14)19(20,21)22/h3-5,8-10H,6-7,11H2,1-2H3. The summed E-state index contributed by atoms with van der Waals surface area (Å²) < 4.78 is 66.4. The number of carbonyl (C=O) groups is 1. The van der Waals surface area contributed by atoms with Crippen LogP contribution in [0.4, 0.5) is 13.2 Å². The minimum absolute atomic E-state index is 0.000306. The van der Waals surface area contributed by atoms with Crippen LogP contribution in [0, 0.1) is 6.92 Å². The van der Waals surface area contributed by atoms with E-state index in [2.05, 4.69) is 4.98 Å². The Balaban J connectivity index is 1.73. The van der Waals surface area contributed by atoms with Crippen LogP contribution in [0.3, 0.4) is 0 Å². The fourth-order valence-electron chi connectivity index (χ4n) is 4.03. The van der Waals surface area contributed by atoms with E-state index in [1.54, 1.807) is 24.8 Å². The highest BCUT2D eigenvalue weighted by Gasteiger charge is 2.51. The zero-order chi connectivity index (χ0) is 21.2. The first-order valence-electron chi connectivity index (χ1n) is 8.91. The highest BCUT2D eigenvalue weighted by Crippen LogP contribution is 2.42. The molecule has 3 heterocycles. The smallest absolute Gasteiger partial charge is 0.326 e. The SMILES string of the molecule is Cc1cc2c(cn1)C(=O)N1CCN(S(=O)(=O)c3cccc(C(F)(F)F)c3)CC21C. The minimum atomic E-state index is -4.64. The van der Waals surface area contributed by atoms with E-state index in [-0.39, 0.29) is 25.5 Å². The van der Waals surface area contributed by atoms with Gasteiger partial charge in [-0.25, -0.2) is 8.42 Å². The van der Waals surface area contributed by atoms with Crippen molar-refractivity contribution >= 4 is 15.9 Å². The summed E-state index contributed by atoms with van der Waals surface area (Å²) in [6, 6.07) is 5.47. The zero-order valence-corrected chi connectivity index (χ0v) is 16.5. The normalized spacial score (nSPS) is 22.5. The Bertz CT molecular complexity index is 1120. The van der Waals surface area contributed by atoms with E-state index in [1.165, 1.54) is 6.20 Å². The molecule has 6 nitrogen and oxygen atoms in total. The van der Waals surface area contributed by atoms with Gasteiger partial charge in [0.25, 0.3) is 5.91 Å². The van der Waals surface area contributed by atoms with Crippen molar-refractivity contribution in [3.8, 4) is 0 Å². The molecule has 154 valence electrons. The molecule has 1 atom stereocenters. The van der Waals surface area contributed by atoms with Crippen molar-refractivity contribution in [2.75, 3.05) is 19.6 Å². The first kappa shape index (κ1) is 19.8. The van der Waals surface area contributed by atoms with E-state index in [4.69, 9.17) is 0 Å². The summed E-state index contributed by atoms with van der Waals surface area (Å²) in [5.41, 5.74) is -0.132. The van der Waals surface area contributed by atoms with E-state index >= 15 is 0 Å². The molecule has 0 spiro atoms. The number of nitrogens with zero attached hydrogens (tertiary/aromatic N) is 3. The first-order valence-corrected chi connectivity index (χ1v) is 10.3. The molecule has 2 aliphatic rings. The van der Waals surface area contributed by atoms with Crippen LogP contribution in [0.25, 0.3) is 0 Å². The van der Waals surface area contributed by atoms with Gasteiger partial charge in [0.2, 0.25) is 10.0 Å². The third-order valence-electron chi connectivity index (χ3n) is 5.55. The maximum Gasteiger partial charge on any atom is 0.416 e. The van der Waals surface area contributed by atoms with Crippen LogP contribution in [-0.4, -0.2) is 48.1 Å². The van der Waals surface area contributed by atoms with Crippen molar-refractivity contribution in [2.24, 2.45) is 0 Å². The molecule has 0 aliphatic carbocycles. The molecule has 10 heteroatoms. The Kier molecular flexibility index (Phi) is 4.29. The van der Waals surface area contributed by atoms with Crippen molar-refractivity contribution in [3.63, 3.8) is 0 Å². The van der Waals surface area contributed by atoms with Gasteiger partial charge in [-0.1, -0.05) is 6.07 Å². The fourth-order valence-corrected chi connectivity index (χ4v) is 5.60. The molecule has 29 heavy (non-hydrogen) atoms. The summed E-state index contributed by atoms with van der Waals surface area (Å²) >= 11 is 0. The molecular weight excluding hydrogens is 407 g/mol. The van der Waals surface area contributed by atoms with E-state index in [0.717, 1.165) is 22.5 Å². The van der Waals surface area contributed by atoms with E-state index in [0.29, 0.717) is 22.9 Å². The number of amides is 1. The largest absolute Gasteiger partial charge is 0.416 e. The van der Waals surface area contributed by atoms with Crippen molar-refractivity contribution in [3.05, 3.63) is 58.9 Å². The molecule has 1 unspecified atom stereocenters. The second-order valence-electron chi connectivity index (χ2n) is 7.47. The predicted molar refractivity (Wildman–Crippen MR) is 97.6 cm³/mol. The monoisotopic (exact) mass is 425 g/mol.